The summed E-state index contributed by atoms with van der Waals surface area (Å²) >= 11 is 0. The van der Waals surface area contributed by atoms with Crippen molar-refractivity contribution in [3.63, 3.8) is 0 Å². The number of likely N-dealkylation sites (tertiary alicyclic amines) is 1. The summed E-state index contributed by atoms with van der Waals surface area (Å²) in [6, 6.07) is 6.44. The fraction of sp³-hybridized carbons (Fsp3) is 0.600. The lowest BCUT2D eigenvalue weighted by Gasteiger charge is -2.34. The van der Waals surface area contributed by atoms with Gasteiger partial charge >= 0.3 is 5.97 Å². The molecule has 2 aliphatic heterocycles. The monoisotopic (exact) mass is 359 g/mol. The normalized spacial score (nSPS) is 19.7. The van der Waals surface area contributed by atoms with Crippen molar-refractivity contribution in [3.05, 3.63) is 29.3 Å². The average molecular weight is 359 g/mol. The average Bonchev–Trinajstić information content (AvgIpc) is 3.13. The number of hydrogen-bond acceptors (Lipinski definition) is 4. The Hall–Kier alpha value is -2.24. The van der Waals surface area contributed by atoms with Gasteiger partial charge in [-0.15, -0.1) is 0 Å². The number of nitrogens with zero attached hydrogens (tertiary/aromatic N) is 2. The highest BCUT2D eigenvalue weighted by molar-refractivity contribution is 5.81. The molecular weight excluding hydrogens is 330 g/mol. The van der Waals surface area contributed by atoms with Crippen LogP contribution in [-0.4, -0.2) is 56.7 Å². The summed E-state index contributed by atoms with van der Waals surface area (Å²) in [5, 5.41) is 3.44. The Bertz CT molecular complexity index is 660. The molecule has 2 heterocycles. The Labute approximate surface area is 155 Å². The number of rotatable bonds is 5. The predicted octanol–water partition coefficient (Wildman–Crippen LogP) is 2.01. The summed E-state index contributed by atoms with van der Waals surface area (Å²) in [6.45, 7) is 5.49. The second kappa shape index (κ2) is 8.92. The zero-order valence-corrected chi connectivity index (χ0v) is 15.8. The number of nitrogens with one attached hydrogen (secondary N) is 1. The third kappa shape index (κ3) is 4.48. The van der Waals surface area contributed by atoms with Crippen molar-refractivity contribution in [3.8, 4) is 5.75 Å². The van der Waals surface area contributed by atoms with Crippen molar-refractivity contribution in [1.29, 1.82) is 0 Å². The summed E-state index contributed by atoms with van der Waals surface area (Å²) in [6.07, 6.45) is 3.81. The molecule has 26 heavy (non-hydrogen) atoms. The zero-order valence-electron chi connectivity index (χ0n) is 15.8. The maximum atomic E-state index is 12.0. The van der Waals surface area contributed by atoms with E-state index in [1.807, 2.05) is 6.92 Å². The van der Waals surface area contributed by atoms with Crippen LogP contribution in [0.15, 0.2) is 23.2 Å². The molecule has 0 bridgehead atoms. The van der Waals surface area contributed by atoms with E-state index in [0.717, 1.165) is 57.1 Å². The first-order valence-corrected chi connectivity index (χ1v) is 9.58. The lowest BCUT2D eigenvalue weighted by molar-refractivity contribution is -0.149. The van der Waals surface area contributed by atoms with Crippen LogP contribution in [0.25, 0.3) is 0 Å². The van der Waals surface area contributed by atoms with Crippen molar-refractivity contribution in [2.75, 3.05) is 39.9 Å². The molecule has 1 unspecified atom stereocenters. The third-order valence-electron chi connectivity index (χ3n) is 5.00. The van der Waals surface area contributed by atoms with Gasteiger partial charge in [0.25, 0.3) is 0 Å². The van der Waals surface area contributed by atoms with Gasteiger partial charge in [0.15, 0.2) is 5.96 Å². The third-order valence-corrected chi connectivity index (χ3v) is 5.00. The number of esters is 1. The van der Waals surface area contributed by atoms with Crippen LogP contribution in [0.5, 0.6) is 5.75 Å². The number of benzene rings is 1. The Morgan fingerprint density at radius 3 is 3.15 bits per heavy atom. The van der Waals surface area contributed by atoms with Crippen LogP contribution in [0, 0.1) is 5.92 Å². The molecule has 1 atom stereocenters. The van der Waals surface area contributed by atoms with Gasteiger partial charge in [-0.3, -0.25) is 9.79 Å². The Balaban J connectivity index is 1.50. The zero-order chi connectivity index (χ0) is 18.4. The first kappa shape index (κ1) is 18.5. The summed E-state index contributed by atoms with van der Waals surface area (Å²) in [7, 11) is 1.79. The molecule has 3 rings (SSSR count). The van der Waals surface area contributed by atoms with Gasteiger partial charge in [0.05, 0.1) is 19.1 Å². The summed E-state index contributed by atoms with van der Waals surface area (Å²) in [4.78, 5) is 18.6. The highest BCUT2D eigenvalue weighted by atomic mass is 16.5. The van der Waals surface area contributed by atoms with E-state index in [0.29, 0.717) is 13.2 Å². The second-order valence-corrected chi connectivity index (χ2v) is 6.80. The Morgan fingerprint density at radius 2 is 2.35 bits per heavy atom. The smallest absolute Gasteiger partial charge is 0.310 e. The molecule has 1 saturated heterocycles. The highest BCUT2D eigenvalue weighted by Crippen LogP contribution is 2.26. The van der Waals surface area contributed by atoms with Gasteiger partial charge in [-0.2, -0.15) is 0 Å². The van der Waals surface area contributed by atoms with E-state index in [9.17, 15) is 4.79 Å². The van der Waals surface area contributed by atoms with Gasteiger partial charge in [-0.1, -0.05) is 12.1 Å². The molecular formula is C20H29N3O3. The van der Waals surface area contributed by atoms with Gasteiger partial charge in [-0.05, 0) is 43.4 Å². The largest absolute Gasteiger partial charge is 0.493 e. The topological polar surface area (TPSA) is 63.2 Å². The van der Waals surface area contributed by atoms with E-state index in [4.69, 9.17) is 9.47 Å². The molecule has 0 amide bonds. The first-order valence-electron chi connectivity index (χ1n) is 9.58. The number of piperidine rings is 1. The fourth-order valence-electron chi connectivity index (χ4n) is 3.67. The molecule has 0 radical (unpaired) electrons. The van der Waals surface area contributed by atoms with Crippen LogP contribution in [0.4, 0.5) is 0 Å². The molecule has 0 aliphatic carbocycles. The second-order valence-electron chi connectivity index (χ2n) is 6.80. The van der Waals surface area contributed by atoms with Crippen molar-refractivity contribution in [1.82, 2.24) is 10.2 Å². The van der Waals surface area contributed by atoms with E-state index in [1.165, 1.54) is 11.1 Å². The first-order chi connectivity index (χ1) is 12.7. The maximum absolute atomic E-state index is 12.0. The van der Waals surface area contributed by atoms with E-state index < -0.39 is 0 Å². The van der Waals surface area contributed by atoms with Gasteiger partial charge in [0, 0.05) is 33.1 Å². The molecule has 0 saturated carbocycles. The maximum Gasteiger partial charge on any atom is 0.310 e. The summed E-state index contributed by atoms with van der Waals surface area (Å²) in [5.41, 5.74) is 2.61. The van der Waals surface area contributed by atoms with Crippen molar-refractivity contribution >= 4 is 11.9 Å². The number of fused-ring (bicyclic) bond motifs is 1. The van der Waals surface area contributed by atoms with Gasteiger partial charge in [0.2, 0.25) is 0 Å². The minimum atomic E-state index is -0.0898. The molecule has 1 aromatic rings. The minimum Gasteiger partial charge on any atom is -0.493 e. The number of aliphatic imine (C=N–C) groups is 1. The number of carbonyl (C=O) groups excluding carboxylic acids is 1. The van der Waals surface area contributed by atoms with Crippen LogP contribution in [-0.2, 0) is 22.4 Å². The molecule has 6 nitrogen and oxygen atoms in total. The van der Waals surface area contributed by atoms with E-state index >= 15 is 0 Å². The summed E-state index contributed by atoms with van der Waals surface area (Å²) < 4.78 is 10.7. The van der Waals surface area contributed by atoms with E-state index in [2.05, 4.69) is 33.4 Å². The lowest BCUT2D eigenvalue weighted by atomic mass is 9.98. The van der Waals surface area contributed by atoms with Crippen molar-refractivity contribution < 1.29 is 14.3 Å². The van der Waals surface area contributed by atoms with Gasteiger partial charge in [0.1, 0.15) is 5.75 Å². The standard InChI is InChI=1S/C20H29N3O3/c1-3-25-19(24)17-5-4-11-23(14-17)20(21-2)22-10-8-15-6-7-18-16(13-15)9-12-26-18/h6-7,13,17H,3-5,8-12,14H2,1-2H3,(H,21,22). The minimum absolute atomic E-state index is 0.0565. The lowest BCUT2D eigenvalue weighted by Crippen LogP contribution is -2.48. The number of carbonyl (C=O) groups is 1. The molecule has 1 fully saturated rings. The van der Waals surface area contributed by atoms with Crippen LogP contribution in [0.2, 0.25) is 0 Å². The SMILES string of the molecule is CCOC(=O)C1CCCN(C(=NC)NCCc2ccc3c(c2)CCO3)C1. The van der Waals surface area contributed by atoms with E-state index in [1.54, 1.807) is 7.05 Å². The Kier molecular flexibility index (Phi) is 6.36. The van der Waals surface area contributed by atoms with E-state index in [-0.39, 0.29) is 11.9 Å². The molecule has 1 aromatic carbocycles. The van der Waals surface area contributed by atoms with Crippen molar-refractivity contribution in [2.45, 2.75) is 32.6 Å². The Morgan fingerprint density at radius 1 is 1.46 bits per heavy atom. The van der Waals surface area contributed by atoms with Crippen LogP contribution < -0.4 is 10.1 Å². The van der Waals surface area contributed by atoms with Crippen LogP contribution >= 0.6 is 0 Å². The van der Waals surface area contributed by atoms with Gasteiger partial charge in [-0.25, -0.2) is 0 Å². The quantitative estimate of drug-likeness (QED) is 0.495. The van der Waals surface area contributed by atoms with Gasteiger partial charge < -0.3 is 19.7 Å². The summed E-state index contributed by atoms with van der Waals surface area (Å²) in [5.74, 6) is 1.74. The molecule has 1 N–H and O–H groups in total. The number of hydrogen-bond donors (Lipinski definition) is 1. The molecule has 2 aliphatic rings. The number of ether oxygens (including phenoxy) is 2. The highest BCUT2D eigenvalue weighted by Gasteiger charge is 2.28. The van der Waals surface area contributed by atoms with Crippen LogP contribution in [0.1, 0.15) is 30.9 Å². The molecule has 6 heteroatoms. The molecule has 0 spiro atoms. The van der Waals surface area contributed by atoms with Crippen LogP contribution in [0.3, 0.4) is 0 Å². The molecule has 0 aromatic heterocycles. The predicted molar refractivity (Wildman–Crippen MR) is 102 cm³/mol. The van der Waals surface area contributed by atoms with Crippen molar-refractivity contribution in [2.24, 2.45) is 10.9 Å². The fourth-order valence-corrected chi connectivity index (χ4v) is 3.67. The molecule has 142 valence electrons. The number of guanidine groups is 1.